The van der Waals surface area contributed by atoms with Gasteiger partial charge >= 0.3 is 0 Å². The van der Waals surface area contributed by atoms with Crippen molar-refractivity contribution in [2.45, 2.75) is 59.7 Å². The van der Waals surface area contributed by atoms with Crippen LogP contribution in [0, 0.1) is 6.92 Å². The second-order valence-corrected chi connectivity index (χ2v) is 8.18. The van der Waals surface area contributed by atoms with Gasteiger partial charge in [0.2, 0.25) is 0 Å². The Balaban J connectivity index is 1.63. The summed E-state index contributed by atoms with van der Waals surface area (Å²) < 4.78 is 11.8. The number of nitrogens with zero attached hydrogens (tertiary/aromatic N) is 1. The zero-order valence-electron chi connectivity index (χ0n) is 19.5. The van der Waals surface area contributed by atoms with E-state index in [1.54, 1.807) is 0 Å². The molecule has 0 saturated carbocycles. The Labute approximate surface area is 190 Å². The van der Waals surface area contributed by atoms with Crippen LogP contribution in [0.15, 0.2) is 60.7 Å². The first kappa shape index (κ1) is 23.5. The van der Waals surface area contributed by atoms with Crippen LogP contribution in [0.4, 0.5) is 5.69 Å². The summed E-state index contributed by atoms with van der Waals surface area (Å²) in [5.74, 6) is 1.39. The van der Waals surface area contributed by atoms with Gasteiger partial charge < -0.3 is 14.8 Å². The van der Waals surface area contributed by atoms with Crippen molar-refractivity contribution in [3.8, 4) is 11.5 Å². The number of carbonyl (C=O) groups is 1. The Morgan fingerprint density at radius 1 is 1.00 bits per heavy atom. The summed E-state index contributed by atoms with van der Waals surface area (Å²) >= 11 is 0. The fraction of sp³-hybridized carbons (Fsp3) is 0.333. The summed E-state index contributed by atoms with van der Waals surface area (Å²) in [6.07, 6.45) is 1.87. The summed E-state index contributed by atoms with van der Waals surface area (Å²) in [5.41, 5.74) is 4.03. The van der Waals surface area contributed by atoms with Gasteiger partial charge in [0.15, 0.2) is 0 Å². The molecule has 168 valence electrons. The molecule has 3 rings (SSSR count). The van der Waals surface area contributed by atoms with Crippen LogP contribution in [0.3, 0.4) is 0 Å². The van der Waals surface area contributed by atoms with Gasteiger partial charge in [-0.3, -0.25) is 9.78 Å². The molecule has 1 N–H and O–H groups in total. The Bertz CT molecular complexity index is 1050. The van der Waals surface area contributed by atoms with Crippen molar-refractivity contribution in [2.24, 2.45) is 0 Å². The van der Waals surface area contributed by atoms with E-state index < -0.39 is 0 Å². The summed E-state index contributed by atoms with van der Waals surface area (Å²) in [6, 6.07) is 19.1. The first-order valence-corrected chi connectivity index (χ1v) is 11.1. The Morgan fingerprint density at radius 2 is 1.72 bits per heavy atom. The molecule has 2 aromatic carbocycles. The second-order valence-electron chi connectivity index (χ2n) is 8.18. The van der Waals surface area contributed by atoms with Crippen LogP contribution in [-0.4, -0.2) is 23.1 Å². The molecule has 32 heavy (non-hydrogen) atoms. The highest BCUT2D eigenvalue weighted by molar-refractivity contribution is 6.05. The monoisotopic (exact) mass is 432 g/mol. The largest absolute Gasteiger partial charge is 0.457 e. The predicted octanol–water partition coefficient (Wildman–Crippen LogP) is 6.35. The third-order valence-corrected chi connectivity index (χ3v) is 5.08. The number of aromatic nitrogens is 1. The van der Waals surface area contributed by atoms with E-state index >= 15 is 0 Å². The minimum absolute atomic E-state index is 0.0756. The van der Waals surface area contributed by atoms with E-state index in [0.29, 0.717) is 23.4 Å². The maximum atomic E-state index is 12.8. The van der Waals surface area contributed by atoms with Crippen LogP contribution in [0.5, 0.6) is 11.5 Å². The molecule has 1 amide bonds. The minimum Gasteiger partial charge on any atom is -0.457 e. The maximum absolute atomic E-state index is 12.8. The topological polar surface area (TPSA) is 60.5 Å². The minimum atomic E-state index is -0.182. The van der Waals surface area contributed by atoms with Crippen LogP contribution in [0.25, 0.3) is 0 Å². The third kappa shape index (κ3) is 6.41. The molecule has 0 aliphatic carbocycles. The summed E-state index contributed by atoms with van der Waals surface area (Å²) in [4.78, 5) is 17.4. The quantitative estimate of drug-likeness (QED) is 0.428. The van der Waals surface area contributed by atoms with E-state index in [-0.39, 0.29) is 18.1 Å². The number of benzene rings is 2. The van der Waals surface area contributed by atoms with Crippen molar-refractivity contribution < 1.29 is 14.3 Å². The number of nitrogens with one attached hydrogen (secondary N) is 1. The fourth-order valence-corrected chi connectivity index (χ4v) is 3.60. The number of carbonyl (C=O) groups excluding carboxylic acids is 1. The highest BCUT2D eigenvalue weighted by Crippen LogP contribution is 2.26. The van der Waals surface area contributed by atoms with Crippen LogP contribution in [0.2, 0.25) is 0 Å². The summed E-state index contributed by atoms with van der Waals surface area (Å²) in [5, 5.41) is 2.94. The molecule has 0 bridgehead atoms. The first-order chi connectivity index (χ1) is 15.4. The maximum Gasteiger partial charge on any atom is 0.257 e. The number of para-hydroxylation sites is 1. The lowest BCUT2D eigenvalue weighted by molar-refractivity contribution is 0.0190. The normalized spacial score (nSPS) is 11.9. The second kappa shape index (κ2) is 10.9. The van der Waals surface area contributed by atoms with Gasteiger partial charge in [0.25, 0.3) is 5.91 Å². The van der Waals surface area contributed by atoms with Gasteiger partial charge in [-0.25, -0.2) is 0 Å². The number of pyridine rings is 1. The average molecular weight is 433 g/mol. The fourth-order valence-electron chi connectivity index (χ4n) is 3.60. The lowest BCUT2D eigenvalue weighted by atomic mass is 10.1. The van der Waals surface area contributed by atoms with E-state index in [2.05, 4.69) is 23.3 Å². The van der Waals surface area contributed by atoms with Crippen LogP contribution in [0.1, 0.15) is 55.0 Å². The zero-order chi connectivity index (χ0) is 23.1. The van der Waals surface area contributed by atoms with Crippen LogP contribution in [-0.2, 0) is 17.6 Å². The average Bonchev–Trinajstić information content (AvgIpc) is 2.75. The number of hydrogen-bond donors (Lipinski definition) is 1. The molecule has 1 atom stereocenters. The Hall–Kier alpha value is -3.18. The molecule has 5 heteroatoms. The van der Waals surface area contributed by atoms with Gasteiger partial charge in [-0.05, 0) is 82.1 Å². The van der Waals surface area contributed by atoms with Crippen molar-refractivity contribution in [2.75, 3.05) is 5.32 Å². The standard InChI is InChI=1S/C27H32N2O3/c1-6-21-9-7-8-10-26(21)32-24-14-11-22(12-15-24)29-27(30)25-16-13-23(28-20(25)5)17-19(4)31-18(2)3/h7-16,18-19H,6,17H2,1-5H3,(H,29,30). The van der Waals surface area contributed by atoms with E-state index in [4.69, 9.17) is 9.47 Å². The number of rotatable bonds is 9. The molecular weight excluding hydrogens is 400 g/mol. The SMILES string of the molecule is CCc1ccccc1Oc1ccc(NC(=O)c2ccc(CC(C)OC(C)C)nc2C)cc1. The molecule has 1 unspecified atom stereocenters. The van der Waals surface area contributed by atoms with Gasteiger partial charge in [-0.15, -0.1) is 0 Å². The highest BCUT2D eigenvalue weighted by atomic mass is 16.5. The molecule has 0 aliphatic rings. The number of amides is 1. The Kier molecular flexibility index (Phi) is 8.01. The molecule has 3 aromatic rings. The van der Waals surface area contributed by atoms with Gasteiger partial charge in [0.05, 0.1) is 23.5 Å². The Morgan fingerprint density at radius 3 is 2.38 bits per heavy atom. The molecule has 1 heterocycles. The van der Waals surface area contributed by atoms with Crippen LogP contribution >= 0.6 is 0 Å². The lowest BCUT2D eigenvalue weighted by Crippen LogP contribution is -2.18. The summed E-state index contributed by atoms with van der Waals surface area (Å²) in [7, 11) is 0. The molecular formula is C27H32N2O3. The van der Waals surface area contributed by atoms with Crippen molar-refractivity contribution in [3.05, 3.63) is 83.2 Å². The van der Waals surface area contributed by atoms with E-state index in [9.17, 15) is 4.79 Å². The third-order valence-electron chi connectivity index (χ3n) is 5.08. The molecule has 0 spiro atoms. The van der Waals surface area contributed by atoms with Gasteiger partial charge in [0.1, 0.15) is 11.5 Å². The van der Waals surface area contributed by atoms with Crippen molar-refractivity contribution in [1.82, 2.24) is 4.98 Å². The molecule has 0 aliphatic heterocycles. The number of anilines is 1. The predicted molar refractivity (Wildman–Crippen MR) is 129 cm³/mol. The smallest absolute Gasteiger partial charge is 0.257 e. The van der Waals surface area contributed by atoms with Crippen molar-refractivity contribution in [3.63, 3.8) is 0 Å². The van der Waals surface area contributed by atoms with Gasteiger partial charge in [-0.2, -0.15) is 0 Å². The van der Waals surface area contributed by atoms with E-state index in [1.165, 1.54) is 0 Å². The molecule has 1 aromatic heterocycles. The number of ether oxygens (including phenoxy) is 2. The van der Waals surface area contributed by atoms with Gasteiger partial charge in [-0.1, -0.05) is 25.1 Å². The lowest BCUT2D eigenvalue weighted by Gasteiger charge is -2.16. The molecule has 0 saturated heterocycles. The van der Waals surface area contributed by atoms with Crippen LogP contribution < -0.4 is 10.1 Å². The summed E-state index contributed by atoms with van der Waals surface area (Å²) in [6.45, 7) is 10.0. The molecule has 5 nitrogen and oxygen atoms in total. The highest BCUT2D eigenvalue weighted by Gasteiger charge is 2.13. The number of hydrogen-bond acceptors (Lipinski definition) is 4. The first-order valence-electron chi connectivity index (χ1n) is 11.1. The van der Waals surface area contributed by atoms with Gasteiger partial charge in [0, 0.05) is 17.8 Å². The zero-order valence-corrected chi connectivity index (χ0v) is 19.5. The molecule has 0 radical (unpaired) electrons. The van der Waals surface area contributed by atoms with E-state index in [0.717, 1.165) is 29.2 Å². The number of aryl methyl sites for hydroxylation is 2. The molecule has 0 fully saturated rings. The van der Waals surface area contributed by atoms with E-state index in [1.807, 2.05) is 82.3 Å². The van der Waals surface area contributed by atoms with Crippen molar-refractivity contribution in [1.29, 1.82) is 0 Å². The van der Waals surface area contributed by atoms with Crippen molar-refractivity contribution >= 4 is 11.6 Å².